The third-order valence-electron chi connectivity index (χ3n) is 1.98. The van der Waals surface area contributed by atoms with Crippen LogP contribution >= 0.6 is 0 Å². The fraction of sp³-hybridized carbons (Fsp3) is 0.286. The first-order chi connectivity index (χ1) is 7.00. The van der Waals surface area contributed by atoms with Gasteiger partial charge >= 0.3 is 0 Å². The Labute approximate surface area is 87.0 Å². The molecule has 0 N–H and O–H groups in total. The first-order valence-corrected chi connectivity index (χ1v) is 5.28. The van der Waals surface area contributed by atoms with Crippen LogP contribution in [-0.4, -0.2) is 0 Å². The van der Waals surface area contributed by atoms with Crippen molar-refractivity contribution >= 4 is 0 Å². The highest BCUT2D eigenvalue weighted by Crippen LogP contribution is 1.98. The zero-order chi connectivity index (χ0) is 9.90. The molecule has 14 heavy (non-hydrogen) atoms. The van der Waals surface area contributed by atoms with E-state index in [4.69, 9.17) is 0 Å². The lowest BCUT2D eigenvalue weighted by Gasteiger charge is -1.87. The summed E-state index contributed by atoms with van der Waals surface area (Å²) in [5.41, 5.74) is 0. The lowest BCUT2D eigenvalue weighted by Crippen LogP contribution is -1.67. The zero-order valence-electron chi connectivity index (χ0n) is 8.60. The maximum atomic E-state index is 2.25. The molecule has 0 aliphatic heterocycles. The Hall–Kier alpha value is -1.30. The van der Waals surface area contributed by atoms with Gasteiger partial charge in [0, 0.05) is 0 Å². The first-order valence-electron chi connectivity index (χ1n) is 5.28. The van der Waals surface area contributed by atoms with Gasteiger partial charge in [0.25, 0.3) is 0 Å². The van der Waals surface area contributed by atoms with Crippen LogP contribution in [0.1, 0.15) is 25.7 Å². The van der Waals surface area contributed by atoms with Crippen LogP contribution in [0.4, 0.5) is 0 Å². The van der Waals surface area contributed by atoms with Crippen LogP contribution in [0.3, 0.4) is 0 Å². The molecule has 0 nitrogen and oxygen atoms in total. The standard InChI is InChI=1S/C14H18/c1-2-4-6-8-10-12-14-13-11-9-7-5-3-1/h1-6,9-12H,7-8,13-14H2/b2-1-,5-3-,6-4-,11-9-,12-10-. The van der Waals surface area contributed by atoms with Crippen molar-refractivity contribution in [1.29, 1.82) is 0 Å². The third kappa shape index (κ3) is 6.24. The van der Waals surface area contributed by atoms with Crippen LogP contribution in [-0.2, 0) is 0 Å². The molecule has 0 amide bonds. The van der Waals surface area contributed by atoms with Crippen molar-refractivity contribution in [3.05, 3.63) is 60.8 Å². The van der Waals surface area contributed by atoms with Crippen LogP contribution in [0.5, 0.6) is 0 Å². The van der Waals surface area contributed by atoms with E-state index in [9.17, 15) is 0 Å². The minimum absolute atomic E-state index is 1.04. The predicted octanol–water partition coefficient (Wildman–Crippen LogP) is 4.34. The molecule has 0 aromatic heterocycles. The smallest absolute Gasteiger partial charge is 0.0166 e. The van der Waals surface area contributed by atoms with Crippen molar-refractivity contribution in [3.63, 3.8) is 0 Å². The molecule has 0 saturated heterocycles. The molecule has 0 radical (unpaired) electrons. The Bertz CT molecular complexity index is 234. The van der Waals surface area contributed by atoms with Gasteiger partial charge in [-0.1, -0.05) is 60.8 Å². The van der Waals surface area contributed by atoms with E-state index in [1.54, 1.807) is 0 Å². The Morgan fingerprint density at radius 2 is 0.929 bits per heavy atom. The van der Waals surface area contributed by atoms with Gasteiger partial charge < -0.3 is 0 Å². The average Bonchev–Trinajstić information content (AvgIpc) is 2.22. The minimum Gasteiger partial charge on any atom is -0.0879 e. The minimum atomic E-state index is 1.04. The lowest BCUT2D eigenvalue weighted by molar-refractivity contribution is 1.04. The predicted molar refractivity (Wildman–Crippen MR) is 64.2 cm³/mol. The lowest BCUT2D eigenvalue weighted by atomic mass is 10.2. The molecule has 74 valence electrons. The second kappa shape index (κ2) is 8.31. The summed E-state index contributed by atoms with van der Waals surface area (Å²) in [6.07, 6.45) is 26.0. The van der Waals surface area contributed by atoms with Gasteiger partial charge in [-0.25, -0.2) is 0 Å². The molecule has 0 aromatic carbocycles. The van der Waals surface area contributed by atoms with Gasteiger partial charge in [-0.15, -0.1) is 0 Å². The summed E-state index contributed by atoms with van der Waals surface area (Å²) >= 11 is 0. The van der Waals surface area contributed by atoms with Gasteiger partial charge in [0.2, 0.25) is 0 Å². The van der Waals surface area contributed by atoms with Crippen LogP contribution in [0.25, 0.3) is 0 Å². The number of rotatable bonds is 0. The Kier molecular flexibility index (Phi) is 6.39. The summed E-state index contributed by atoms with van der Waals surface area (Å²) in [4.78, 5) is 0. The van der Waals surface area contributed by atoms with E-state index < -0.39 is 0 Å². The molecule has 1 aliphatic rings. The van der Waals surface area contributed by atoms with Crippen molar-refractivity contribution < 1.29 is 0 Å². The van der Waals surface area contributed by atoms with Crippen molar-refractivity contribution in [2.24, 2.45) is 0 Å². The third-order valence-corrected chi connectivity index (χ3v) is 1.98. The molecule has 0 heterocycles. The monoisotopic (exact) mass is 186 g/mol. The summed E-state index contributed by atoms with van der Waals surface area (Å²) in [5.74, 6) is 0. The van der Waals surface area contributed by atoms with Crippen LogP contribution in [0, 0.1) is 0 Å². The number of allylic oxidation sites excluding steroid dienone is 10. The van der Waals surface area contributed by atoms with Crippen molar-refractivity contribution in [3.8, 4) is 0 Å². The largest absolute Gasteiger partial charge is 0.0879 e. The van der Waals surface area contributed by atoms with E-state index in [-0.39, 0.29) is 0 Å². The first kappa shape index (κ1) is 10.8. The second-order valence-corrected chi connectivity index (χ2v) is 3.23. The fourth-order valence-corrected chi connectivity index (χ4v) is 1.22. The van der Waals surface area contributed by atoms with Gasteiger partial charge in [0.05, 0.1) is 0 Å². The summed E-state index contributed by atoms with van der Waals surface area (Å²) in [5, 5.41) is 0. The van der Waals surface area contributed by atoms with E-state index >= 15 is 0 Å². The maximum absolute atomic E-state index is 2.25. The molecule has 0 unspecified atom stereocenters. The number of hydrogen-bond donors (Lipinski definition) is 0. The van der Waals surface area contributed by atoms with Gasteiger partial charge in [0.1, 0.15) is 0 Å². The molecule has 0 atom stereocenters. The van der Waals surface area contributed by atoms with Crippen LogP contribution in [0.2, 0.25) is 0 Å². The van der Waals surface area contributed by atoms with Gasteiger partial charge in [-0.3, -0.25) is 0 Å². The molecule has 0 aromatic rings. The highest BCUT2D eigenvalue weighted by molar-refractivity contribution is 5.13. The van der Waals surface area contributed by atoms with Crippen molar-refractivity contribution in [1.82, 2.24) is 0 Å². The Balaban J connectivity index is 2.45. The van der Waals surface area contributed by atoms with E-state index in [0.717, 1.165) is 25.7 Å². The summed E-state index contributed by atoms with van der Waals surface area (Å²) in [6.45, 7) is 0. The average molecular weight is 186 g/mol. The second-order valence-electron chi connectivity index (χ2n) is 3.23. The van der Waals surface area contributed by atoms with Crippen molar-refractivity contribution in [2.75, 3.05) is 0 Å². The topological polar surface area (TPSA) is 0 Å². The van der Waals surface area contributed by atoms with Crippen LogP contribution < -0.4 is 0 Å². The van der Waals surface area contributed by atoms with Gasteiger partial charge in [-0.2, -0.15) is 0 Å². The van der Waals surface area contributed by atoms with Gasteiger partial charge in [-0.05, 0) is 25.7 Å². The number of hydrogen-bond acceptors (Lipinski definition) is 0. The molecule has 0 heteroatoms. The maximum Gasteiger partial charge on any atom is -0.0166 e. The molecular formula is C14H18. The molecule has 0 spiro atoms. The fourth-order valence-electron chi connectivity index (χ4n) is 1.22. The van der Waals surface area contributed by atoms with Gasteiger partial charge in [0.15, 0.2) is 0 Å². The molecule has 0 saturated carbocycles. The molecule has 0 fully saturated rings. The summed E-state index contributed by atoms with van der Waals surface area (Å²) in [7, 11) is 0. The Morgan fingerprint density at radius 3 is 1.43 bits per heavy atom. The van der Waals surface area contributed by atoms with E-state index in [2.05, 4.69) is 60.8 Å². The molecule has 1 rings (SSSR count). The van der Waals surface area contributed by atoms with Crippen LogP contribution in [0.15, 0.2) is 60.8 Å². The summed E-state index contributed by atoms with van der Waals surface area (Å²) < 4.78 is 0. The van der Waals surface area contributed by atoms with E-state index in [1.165, 1.54) is 0 Å². The highest BCUT2D eigenvalue weighted by atomic mass is 13.8. The van der Waals surface area contributed by atoms with E-state index in [0.29, 0.717) is 0 Å². The molecular weight excluding hydrogens is 168 g/mol. The molecule has 1 aliphatic carbocycles. The summed E-state index contributed by atoms with van der Waals surface area (Å²) in [6, 6.07) is 0. The Morgan fingerprint density at radius 1 is 0.429 bits per heavy atom. The van der Waals surface area contributed by atoms with Crippen molar-refractivity contribution in [2.45, 2.75) is 25.7 Å². The quantitative estimate of drug-likeness (QED) is 0.494. The zero-order valence-corrected chi connectivity index (χ0v) is 8.60. The molecule has 0 bridgehead atoms. The highest BCUT2D eigenvalue weighted by Gasteiger charge is 1.77. The normalized spacial score (nSPS) is 29.7. The van der Waals surface area contributed by atoms with E-state index in [1.807, 2.05) is 0 Å². The SMILES string of the molecule is C1=C\C=C/C/C=C\CC/C=C\C\C=C/1.